The highest BCUT2D eigenvalue weighted by molar-refractivity contribution is 5.40. The second-order valence-corrected chi connectivity index (χ2v) is 4.13. The van der Waals surface area contributed by atoms with Gasteiger partial charge in [-0.1, -0.05) is 26.0 Å². The Morgan fingerprint density at radius 2 is 2.00 bits per heavy atom. The Hall–Kier alpha value is -1.18. The number of benzene rings is 1. The molecule has 0 amide bonds. The van der Waals surface area contributed by atoms with Crippen LogP contribution >= 0.6 is 0 Å². The topological polar surface area (TPSA) is 18.5 Å². The summed E-state index contributed by atoms with van der Waals surface area (Å²) in [7, 11) is 0. The van der Waals surface area contributed by atoms with Crippen LogP contribution in [0.15, 0.2) is 24.3 Å². The van der Waals surface area contributed by atoms with Crippen molar-refractivity contribution in [2.45, 2.75) is 26.4 Å². The van der Waals surface area contributed by atoms with Crippen LogP contribution in [0.4, 0.5) is 0 Å². The molecule has 0 spiro atoms. The average molecular weight is 192 g/mol. The van der Waals surface area contributed by atoms with E-state index in [-0.39, 0.29) is 6.10 Å². The molecular formula is C12H16O2. The van der Waals surface area contributed by atoms with Crippen LogP contribution in [0.3, 0.4) is 0 Å². The highest BCUT2D eigenvalue weighted by atomic mass is 16.6. The lowest BCUT2D eigenvalue weighted by Gasteiger charge is -2.27. The standard InChI is InChI=1S/C12H16O2/c1-9(2)7-10-8-13-11-5-3-4-6-12(11)14-10/h3-6,9-10H,7-8H2,1-2H3. The fourth-order valence-corrected chi connectivity index (χ4v) is 1.71. The Morgan fingerprint density at radius 3 is 2.71 bits per heavy atom. The zero-order chi connectivity index (χ0) is 9.97. The third-order valence-corrected chi connectivity index (χ3v) is 2.30. The Kier molecular flexibility index (Phi) is 2.62. The van der Waals surface area contributed by atoms with Crippen LogP contribution in [-0.4, -0.2) is 12.7 Å². The van der Waals surface area contributed by atoms with Gasteiger partial charge < -0.3 is 9.47 Å². The minimum absolute atomic E-state index is 0.213. The summed E-state index contributed by atoms with van der Waals surface area (Å²) >= 11 is 0. The molecule has 76 valence electrons. The molecule has 1 heterocycles. The van der Waals surface area contributed by atoms with E-state index in [1.54, 1.807) is 0 Å². The molecule has 0 fully saturated rings. The van der Waals surface area contributed by atoms with Gasteiger partial charge in [-0.15, -0.1) is 0 Å². The molecule has 1 aliphatic rings. The second kappa shape index (κ2) is 3.91. The Bertz CT molecular complexity index is 307. The predicted octanol–water partition coefficient (Wildman–Crippen LogP) is 2.87. The minimum Gasteiger partial charge on any atom is -0.486 e. The van der Waals surface area contributed by atoms with Gasteiger partial charge in [0, 0.05) is 0 Å². The fourth-order valence-electron chi connectivity index (χ4n) is 1.71. The first-order chi connectivity index (χ1) is 6.75. The Balaban J connectivity index is 2.06. The third-order valence-electron chi connectivity index (χ3n) is 2.30. The van der Waals surface area contributed by atoms with E-state index in [0.29, 0.717) is 12.5 Å². The summed E-state index contributed by atoms with van der Waals surface area (Å²) in [6, 6.07) is 7.84. The smallest absolute Gasteiger partial charge is 0.161 e. The van der Waals surface area contributed by atoms with Gasteiger partial charge in [0.1, 0.15) is 12.7 Å². The van der Waals surface area contributed by atoms with Gasteiger partial charge in [-0.05, 0) is 24.5 Å². The van der Waals surface area contributed by atoms with Gasteiger partial charge in [-0.3, -0.25) is 0 Å². The van der Waals surface area contributed by atoms with Crippen molar-refractivity contribution in [3.05, 3.63) is 24.3 Å². The molecule has 2 rings (SSSR count). The van der Waals surface area contributed by atoms with Gasteiger partial charge in [0.05, 0.1) is 0 Å². The molecule has 14 heavy (non-hydrogen) atoms. The molecule has 1 aromatic carbocycles. The first-order valence-corrected chi connectivity index (χ1v) is 5.14. The number of rotatable bonds is 2. The summed E-state index contributed by atoms with van der Waals surface area (Å²) in [4.78, 5) is 0. The van der Waals surface area contributed by atoms with Crippen molar-refractivity contribution in [3.8, 4) is 11.5 Å². The molecule has 1 unspecified atom stereocenters. The normalized spacial score (nSPS) is 19.8. The van der Waals surface area contributed by atoms with Crippen molar-refractivity contribution in [2.24, 2.45) is 5.92 Å². The molecule has 1 aromatic rings. The summed E-state index contributed by atoms with van der Waals surface area (Å²) < 4.78 is 11.4. The number of ether oxygens (including phenoxy) is 2. The molecular weight excluding hydrogens is 176 g/mol. The number of hydrogen-bond acceptors (Lipinski definition) is 2. The molecule has 0 radical (unpaired) electrons. The first-order valence-electron chi connectivity index (χ1n) is 5.14. The molecule has 2 nitrogen and oxygen atoms in total. The number of para-hydroxylation sites is 2. The summed E-state index contributed by atoms with van der Waals surface area (Å²) in [5, 5.41) is 0. The van der Waals surface area contributed by atoms with E-state index in [2.05, 4.69) is 13.8 Å². The van der Waals surface area contributed by atoms with Crippen LogP contribution in [0.2, 0.25) is 0 Å². The van der Waals surface area contributed by atoms with E-state index in [0.717, 1.165) is 17.9 Å². The maximum absolute atomic E-state index is 5.82. The molecule has 0 aromatic heterocycles. The zero-order valence-corrected chi connectivity index (χ0v) is 8.69. The number of hydrogen-bond donors (Lipinski definition) is 0. The largest absolute Gasteiger partial charge is 0.486 e. The first kappa shape index (κ1) is 9.38. The lowest BCUT2D eigenvalue weighted by molar-refractivity contribution is 0.0759. The highest BCUT2D eigenvalue weighted by Gasteiger charge is 2.20. The van der Waals surface area contributed by atoms with Gasteiger partial charge in [-0.25, -0.2) is 0 Å². The van der Waals surface area contributed by atoms with Gasteiger partial charge in [0.2, 0.25) is 0 Å². The Morgan fingerprint density at radius 1 is 1.29 bits per heavy atom. The maximum Gasteiger partial charge on any atom is 0.161 e. The lowest BCUT2D eigenvalue weighted by Crippen LogP contribution is -2.30. The molecule has 1 atom stereocenters. The van der Waals surface area contributed by atoms with Crippen molar-refractivity contribution in [2.75, 3.05) is 6.61 Å². The fraction of sp³-hybridized carbons (Fsp3) is 0.500. The number of fused-ring (bicyclic) bond motifs is 1. The van der Waals surface area contributed by atoms with E-state index in [4.69, 9.17) is 9.47 Å². The van der Waals surface area contributed by atoms with Crippen LogP contribution in [-0.2, 0) is 0 Å². The molecule has 0 saturated heterocycles. The van der Waals surface area contributed by atoms with Gasteiger partial charge in [0.25, 0.3) is 0 Å². The zero-order valence-electron chi connectivity index (χ0n) is 8.69. The second-order valence-electron chi connectivity index (χ2n) is 4.13. The van der Waals surface area contributed by atoms with E-state index in [9.17, 15) is 0 Å². The average Bonchev–Trinajstić information content (AvgIpc) is 2.17. The molecule has 2 heteroatoms. The highest BCUT2D eigenvalue weighted by Crippen LogP contribution is 2.32. The molecule has 0 bridgehead atoms. The van der Waals surface area contributed by atoms with Gasteiger partial charge in [-0.2, -0.15) is 0 Å². The summed E-state index contributed by atoms with van der Waals surface area (Å²) in [5.41, 5.74) is 0. The van der Waals surface area contributed by atoms with Crippen molar-refractivity contribution in [1.29, 1.82) is 0 Å². The molecule has 0 aliphatic carbocycles. The van der Waals surface area contributed by atoms with Gasteiger partial charge >= 0.3 is 0 Å². The van der Waals surface area contributed by atoms with Crippen LogP contribution < -0.4 is 9.47 Å². The monoisotopic (exact) mass is 192 g/mol. The summed E-state index contributed by atoms with van der Waals surface area (Å²) in [6.07, 6.45) is 1.26. The molecule has 0 N–H and O–H groups in total. The van der Waals surface area contributed by atoms with E-state index in [1.165, 1.54) is 0 Å². The van der Waals surface area contributed by atoms with Crippen LogP contribution in [0.25, 0.3) is 0 Å². The molecule has 0 saturated carbocycles. The van der Waals surface area contributed by atoms with Gasteiger partial charge in [0.15, 0.2) is 11.5 Å². The SMILES string of the molecule is CC(C)CC1COc2ccccc2O1. The third kappa shape index (κ3) is 2.00. The van der Waals surface area contributed by atoms with Crippen LogP contribution in [0, 0.1) is 5.92 Å². The summed E-state index contributed by atoms with van der Waals surface area (Å²) in [5.74, 6) is 2.39. The van der Waals surface area contributed by atoms with E-state index in [1.807, 2.05) is 24.3 Å². The quantitative estimate of drug-likeness (QED) is 0.717. The van der Waals surface area contributed by atoms with Crippen molar-refractivity contribution in [3.63, 3.8) is 0 Å². The maximum atomic E-state index is 5.82. The van der Waals surface area contributed by atoms with Crippen molar-refractivity contribution < 1.29 is 9.47 Å². The van der Waals surface area contributed by atoms with Crippen molar-refractivity contribution >= 4 is 0 Å². The summed E-state index contributed by atoms with van der Waals surface area (Å²) in [6.45, 7) is 5.07. The van der Waals surface area contributed by atoms with Crippen molar-refractivity contribution in [1.82, 2.24) is 0 Å². The predicted molar refractivity (Wildman–Crippen MR) is 55.8 cm³/mol. The van der Waals surface area contributed by atoms with E-state index >= 15 is 0 Å². The van der Waals surface area contributed by atoms with Crippen LogP contribution in [0.1, 0.15) is 20.3 Å². The van der Waals surface area contributed by atoms with E-state index < -0.39 is 0 Å². The Labute approximate surface area is 84.8 Å². The lowest BCUT2D eigenvalue weighted by atomic mass is 10.1. The molecule has 1 aliphatic heterocycles. The minimum atomic E-state index is 0.213. The van der Waals surface area contributed by atoms with Crippen LogP contribution in [0.5, 0.6) is 11.5 Å².